The van der Waals surface area contributed by atoms with Crippen LogP contribution in [0, 0.1) is 0 Å². The van der Waals surface area contributed by atoms with Crippen molar-refractivity contribution in [3.8, 4) is 0 Å². The highest BCUT2D eigenvalue weighted by atomic mass is 16.2. The first-order valence-electron chi connectivity index (χ1n) is 7.80. The first kappa shape index (κ1) is 15.7. The molecule has 0 aromatic carbocycles. The Morgan fingerprint density at radius 1 is 1.29 bits per heavy atom. The lowest BCUT2D eigenvalue weighted by atomic mass is 9.89. The fraction of sp³-hybridized carbons (Fsp3) is 0.688. The van der Waals surface area contributed by atoms with Gasteiger partial charge in [0.1, 0.15) is 6.33 Å². The Morgan fingerprint density at radius 2 is 2.00 bits per heavy atom. The molecule has 0 spiro atoms. The van der Waals surface area contributed by atoms with Crippen LogP contribution in [0.2, 0.25) is 0 Å². The fourth-order valence-electron chi connectivity index (χ4n) is 2.82. The molecule has 0 aliphatic heterocycles. The number of carbonyl (C=O) groups is 1. The van der Waals surface area contributed by atoms with Crippen molar-refractivity contribution >= 4 is 6.03 Å². The van der Waals surface area contributed by atoms with Crippen molar-refractivity contribution in [2.75, 3.05) is 0 Å². The molecule has 0 radical (unpaired) electrons. The number of nitrogens with zero attached hydrogens (tertiary/aromatic N) is 2. The lowest BCUT2D eigenvalue weighted by molar-refractivity contribution is 0.232. The van der Waals surface area contributed by atoms with Gasteiger partial charge in [-0.2, -0.15) is 0 Å². The lowest BCUT2D eigenvalue weighted by Gasteiger charge is -2.24. The second kappa shape index (κ2) is 6.87. The average Bonchev–Trinajstić information content (AvgIpc) is 2.45. The van der Waals surface area contributed by atoms with E-state index in [0.717, 1.165) is 24.1 Å². The molecule has 1 aliphatic carbocycles. The summed E-state index contributed by atoms with van der Waals surface area (Å²) in [6, 6.07) is 0.235. The van der Waals surface area contributed by atoms with Crippen molar-refractivity contribution in [3.63, 3.8) is 0 Å². The summed E-state index contributed by atoms with van der Waals surface area (Å²) in [5.41, 5.74) is 1.90. The maximum Gasteiger partial charge on any atom is 0.315 e. The normalized spacial score (nSPS) is 16.5. The van der Waals surface area contributed by atoms with Crippen LogP contribution in [0.1, 0.15) is 64.1 Å². The molecule has 0 bridgehead atoms. The molecule has 0 unspecified atom stereocenters. The Kier molecular flexibility index (Phi) is 5.15. The highest BCUT2D eigenvalue weighted by molar-refractivity contribution is 5.74. The summed E-state index contributed by atoms with van der Waals surface area (Å²) in [4.78, 5) is 20.4. The van der Waals surface area contributed by atoms with E-state index in [1.807, 2.05) is 0 Å². The first-order valence-corrected chi connectivity index (χ1v) is 7.80. The van der Waals surface area contributed by atoms with E-state index in [2.05, 4.69) is 41.4 Å². The SMILES string of the molecule is CC(C)(C)c1ncncc1CNC(=O)NC1CCCCC1. The molecule has 2 amide bonds. The Morgan fingerprint density at radius 3 is 2.67 bits per heavy atom. The number of rotatable bonds is 3. The van der Waals surface area contributed by atoms with Gasteiger partial charge in [-0.25, -0.2) is 14.8 Å². The summed E-state index contributed by atoms with van der Waals surface area (Å²) < 4.78 is 0. The van der Waals surface area contributed by atoms with E-state index >= 15 is 0 Å². The van der Waals surface area contributed by atoms with Crippen molar-refractivity contribution in [1.29, 1.82) is 0 Å². The first-order chi connectivity index (χ1) is 9.97. The van der Waals surface area contributed by atoms with Crippen LogP contribution in [0.4, 0.5) is 4.79 Å². The monoisotopic (exact) mass is 290 g/mol. The van der Waals surface area contributed by atoms with Crippen LogP contribution in [0.25, 0.3) is 0 Å². The minimum Gasteiger partial charge on any atom is -0.335 e. The van der Waals surface area contributed by atoms with Crippen LogP contribution in [0.5, 0.6) is 0 Å². The maximum absolute atomic E-state index is 12.0. The van der Waals surface area contributed by atoms with E-state index in [-0.39, 0.29) is 11.4 Å². The van der Waals surface area contributed by atoms with Crippen molar-refractivity contribution in [2.45, 2.75) is 70.9 Å². The molecule has 2 rings (SSSR count). The molecule has 1 saturated carbocycles. The summed E-state index contributed by atoms with van der Waals surface area (Å²) in [5, 5.41) is 5.99. The van der Waals surface area contributed by atoms with Gasteiger partial charge in [0.2, 0.25) is 0 Å². The average molecular weight is 290 g/mol. The highest BCUT2D eigenvalue weighted by Gasteiger charge is 2.20. The van der Waals surface area contributed by atoms with Gasteiger partial charge < -0.3 is 10.6 Å². The predicted molar refractivity (Wildman–Crippen MR) is 83.0 cm³/mol. The Labute approximate surface area is 127 Å². The lowest BCUT2D eigenvalue weighted by Crippen LogP contribution is -2.42. The molecule has 1 fully saturated rings. The second-order valence-corrected chi connectivity index (χ2v) is 6.81. The number of hydrogen-bond acceptors (Lipinski definition) is 3. The van der Waals surface area contributed by atoms with E-state index in [0.29, 0.717) is 12.6 Å². The van der Waals surface area contributed by atoms with E-state index in [1.165, 1.54) is 19.3 Å². The number of amides is 2. The summed E-state index contributed by atoms with van der Waals surface area (Å²) >= 11 is 0. The molecular formula is C16H26N4O. The smallest absolute Gasteiger partial charge is 0.315 e. The van der Waals surface area contributed by atoms with Crippen molar-refractivity contribution in [3.05, 3.63) is 23.8 Å². The minimum absolute atomic E-state index is 0.0558. The third-order valence-corrected chi connectivity index (χ3v) is 3.88. The van der Waals surface area contributed by atoms with Crippen LogP contribution >= 0.6 is 0 Å². The maximum atomic E-state index is 12.0. The third kappa shape index (κ3) is 4.69. The van der Waals surface area contributed by atoms with Crippen LogP contribution in [-0.2, 0) is 12.0 Å². The molecule has 0 saturated heterocycles. The number of hydrogen-bond donors (Lipinski definition) is 2. The molecule has 0 atom stereocenters. The highest BCUT2D eigenvalue weighted by Crippen LogP contribution is 2.22. The quantitative estimate of drug-likeness (QED) is 0.899. The topological polar surface area (TPSA) is 66.9 Å². The van der Waals surface area contributed by atoms with Gasteiger partial charge in [-0.15, -0.1) is 0 Å². The van der Waals surface area contributed by atoms with Gasteiger partial charge in [0, 0.05) is 29.8 Å². The van der Waals surface area contributed by atoms with Crippen LogP contribution in [0.3, 0.4) is 0 Å². The molecule has 5 heteroatoms. The molecule has 21 heavy (non-hydrogen) atoms. The van der Waals surface area contributed by atoms with E-state index < -0.39 is 0 Å². The summed E-state index contributed by atoms with van der Waals surface area (Å²) in [6.45, 7) is 6.80. The van der Waals surface area contributed by atoms with Gasteiger partial charge in [-0.3, -0.25) is 0 Å². The van der Waals surface area contributed by atoms with E-state index in [1.54, 1.807) is 12.5 Å². The zero-order valence-corrected chi connectivity index (χ0v) is 13.3. The second-order valence-electron chi connectivity index (χ2n) is 6.81. The van der Waals surface area contributed by atoms with Gasteiger partial charge >= 0.3 is 6.03 Å². The number of carbonyl (C=O) groups excluding carboxylic acids is 1. The Balaban J connectivity index is 1.89. The molecule has 116 valence electrons. The van der Waals surface area contributed by atoms with E-state index in [4.69, 9.17) is 0 Å². The Hall–Kier alpha value is -1.65. The number of urea groups is 1. The van der Waals surface area contributed by atoms with Crippen LogP contribution < -0.4 is 10.6 Å². The molecule has 1 aromatic heterocycles. The molecule has 1 heterocycles. The fourth-order valence-corrected chi connectivity index (χ4v) is 2.82. The third-order valence-electron chi connectivity index (χ3n) is 3.88. The van der Waals surface area contributed by atoms with Crippen molar-refractivity contribution in [1.82, 2.24) is 20.6 Å². The van der Waals surface area contributed by atoms with Gasteiger partial charge in [0.05, 0.1) is 5.69 Å². The van der Waals surface area contributed by atoms with Crippen LogP contribution in [0.15, 0.2) is 12.5 Å². The number of aromatic nitrogens is 2. The Bertz CT molecular complexity index is 475. The molecule has 2 N–H and O–H groups in total. The standard InChI is InChI=1S/C16H26N4O/c1-16(2,3)14-12(9-17-11-19-14)10-18-15(21)20-13-7-5-4-6-8-13/h9,11,13H,4-8,10H2,1-3H3,(H2,18,20,21). The van der Waals surface area contributed by atoms with Gasteiger partial charge in [-0.1, -0.05) is 40.0 Å². The summed E-state index contributed by atoms with van der Waals surface area (Å²) in [6.07, 6.45) is 9.25. The summed E-state index contributed by atoms with van der Waals surface area (Å²) in [5.74, 6) is 0. The minimum atomic E-state index is -0.0920. The van der Waals surface area contributed by atoms with Gasteiger partial charge in [0.15, 0.2) is 0 Å². The largest absolute Gasteiger partial charge is 0.335 e. The molecular weight excluding hydrogens is 264 g/mol. The molecule has 1 aromatic rings. The van der Waals surface area contributed by atoms with Gasteiger partial charge in [-0.05, 0) is 12.8 Å². The van der Waals surface area contributed by atoms with Gasteiger partial charge in [0.25, 0.3) is 0 Å². The van der Waals surface area contributed by atoms with Crippen LogP contribution in [-0.4, -0.2) is 22.0 Å². The van der Waals surface area contributed by atoms with Crippen molar-refractivity contribution in [2.24, 2.45) is 0 Å². The zero-order chi connectivity index (χ0) is 15.3. The van der Waals surface area contributed by atoms with E-state index in [9.17, 15) is 4.79 Å². The summed E-state index contributed by atoms with van der Waals surface area (Å²) in [7, 11) is 0. The zero-order valence-electron chi connectivity index (χ0n) is 13.3. The molecule has 1 aliphatic rings. The predicted octanol–water partition coefficient (Wildman–Crippen LogP) is 2.91. The number of nitrogens with one attached hydrogen (secondary N) is 2. The van der Waals surface area contributed by atoms with Crippen molar-refractivity contribution < 1.29 is 4.79 Å². The molecule has 5 nitrogen and oxygen atoms in total.